The number of aromatic nitrogens is 4. The van der Waals surface area contributed by atoms with Gasteiger partial charge in [0.05, 0.1) is 5.75 Å². The summed E-state index contributed by atoms with van der Waals surface area (Å²) >= 11 is -0.346. The van der Waals surface area contributed by atoms with Gasteiger partial charge in [-0.15, -0.1) is 10.2 Å². The highest BCUT2D eigenvalue weighted by atomic mass is 32.2. The normalized spacial score (nSPS) is 13.4. The van der Waals surface area contributed by atoms with Crippen LogP contribution < -0.4 is 0 Å². The number of aromatic amines is 1. The van der Waals surface area contributed by atoms with Gasteiger partial charge in [-0.2, -0.15) is 18.4 Å². The minimum absolute atomic E-state index is 0.200. The monoisotopic (exact) mass is 283 g/mol. The average Bonchev–Trinajstić information content (AvgIpc) is 2.77. The molecule has 1 unspecified atom stereocenters. The lowest BCUT2D eigenvalue weighted by Gasteiger charge is -2.19. The quantitative estimate of drug-likeness (QED) is 0.873. The van der Waals surface area contributed by atoms with Crippen LogP contribution in [0.3, 0.4) is 0 Å². The lowest BCUT2D eigenvalue weighted by molar-refractivity contribution is -0.127. The second-order valence-corrected chi connectivity index (χ2v) is 4.72. The van der Waals surface area contributed by atoms with Crippen LogP contribution in [-0.4, -0.2) is 56.3 Å². The third-order valence-electron chi connectivity index (χ3n) is 2.14. The predicted molar refractivity (Wildman–Crippen MR) is 58.7 cm³/mol. The summed E-state index contributed by atoms with van der Waals surface area (Å²) in [6.45, 7) is 1.99. The van der Waals surface area contributed by atoms with Crippen molar-refractivity contribution < 1.29 is 18.0 Å². The van der Waals surface area contributed by atoms with Gasteiger partial charge in [-0.05, 0) is 11.8 Å². The van der Waals surface area contributed by atoms with E-state index in [0.717, 1.165) is 0 Å². The van der Waals surface area contributed by atoms with Gasteiger partial charge in [0.25, 0.3) is 0 Å². The van der Waals surface area contributed by atoms with Crippen LogP contribution >= 0.6 is 11.8 Å². The minimum atomic E-state index is -4.39. The fourth-order valence-electron chi connectivity index (χ4n) is 1.23. The Bertz CT molecular complexity index is 383. The van der Waals surface area contributed by atoms with Crippen LogP contribution in [0.15, 0.2) is 0 Å². The standard InChI is InChI=1S/C8H12F3N5OS/c1-5(7-12-14-15-13-7)3-16(2)6(17)4-18-8(9,10)11/h5H,3-4H2,1-2H3,(H,12,13,14,15). The first kappa shape index (κ1) is 14.7. The molecule has 0 saturated heterocycles. The first-order chi connectivity index (χ1) is 8.29. The Kier molecular flexibility index (Phi) is 4.93. The zero-order chi connectivity index (χ0) is 13.8. The van der Waals surface area contributed by atoms with Crippen molar-refractivity contribution in [1.29, 1.82) is 0 Å². The molecule has 0 fully saturated rings. The van der Waals surface area contributed by atoms with Gasteiger partial charge in [-0.25, -0.2) is 0 Å². The number of carbonyl (C=O) groups is 1. The number of carbonyl (C=O) groups excluding carboxylic acids is 1. The molecule has 0 aliphatic rings. The third-order valence-corrected chi connectivity index (χ3v) is 2.85. The topological polar surface area (TPSA) is 74.8 Å². The van der Waals surface area contributed by atoms with E-state index in [2.05, 4.69) is 20.6 Å². The Morgan fingerprint density at radius 1 is 1.56 bits per heavy atom. The maximum Gasteiger partial charge on any atom is 0.442 e. The summed E-state index contributed by atoms with van der Waals surface area (Å²) in [6, 6.07) is 0. The summed E-state index contributed by atoms with van der Waals surface area (Å²) < 4.78 is 35.8. The molecule has 1 aromatic rings. The summed E-state index contributed by atoms with van der Waals surface area (Å²) in [5.41, 5.74) is -4.39. The molecule has 0 aromatic carbocycles. The van der Waals surface area contributed by atoms with Gasteiger partial charge in [0.15, 0.2) is 5.82 Å². The van der Waals surface area contributed by atoms with Crippen molar-refractivity contribution in [1.82, 2.24) is 25.5 Å². The Morgan fingerprint density at radius 2 is 2.22 bits per heavy atom. The van der Waals surface area contributed by atoms with Gasteiger partial charge < -0.3 is 4.90 Å². The first-order valence-electron chi connectivity index (χ1n) is 4.97. The van der Waals surface area contributed by atoms with E-state index in [1.807, 2.05) is 0 Å². The fraction of sp³-hybridized carbons (Fsp3) is 0.750. The molecule has 0 aliphatic heterocycles. The SMILES string of the molecule is CC(CN(C)C(=O)CSC(F)(F)F)c1nn[nH]n1. The van der Waals surface area contributed by atoms with E-state index < -0.39 is 17.2 Å². The van der Waals surface area contributed by atoms with Gasteiger partial charge in [0.1, 0.15) is 0 Å². The molecule has 1 rings (SSSR count). The summed E-state index contributed by atoms with van der Waals surface area (Å²) in [5, 5.41) is 13.1. The lowest BCUT2D eigenvalue weighted by atomic mass is 10.1. The van der Waals surface area contributed by atoms with E-state index in [1.54, 1.807) is 6.92 Å². The van der Waals surface area contributed by atoms with E-state index in [1.165, 1.54) is 11.9 Å². The number of nitrogens with zero attached hydrogens (tertiary/aromatic N) is 4. The number of likely N-dealkylation sites (N-methyl/N-ethyl adjacent to an activating group) is 1. The number of hydrogen-bond donors (Lipinski definition) is 1. The third kappa shape index (κ3) is 4.90. The number of hydrogen-bond acceptors (Lipinski definition) is 5. The minimum Gasteiger partial charge on any atom is -0.344 e. The molecule has 1 amide bonds. The smallest absolute Gasteiger partial charge is 0.344 e. The summed E-state index contributed by atoms with van der Waals surface area (Å²) in [5.74, 6) is -1.00. The Labute approximate surface area is 105 Å². The highest BCUT2D eigenvalue weighted by Crippen LogP contribution is 2.30. The van der Waals surface area contributed by atoms with Crippen molar-refractivity contribution >= 4 is 17.7 Å². The maximum atomic E-state index is 11.9. The van der Waals surface area contributed by atoms with Crippen molar-refractivity contribution in [3.05, 3.63) is 5.82 Å². The highest BCUT2D eigenvalue weighted by Gasteiger charge is 2.30. The van der Waals surface area contributed by atoms with Gasteiger partial charge >= 0.3 is 5.51 Å². The molecule has 1 atom stereocenters. The molecule has 0 radical (unpaired) electrons. The van der Waals surface area contributed by atoms with E-state index in [0.29, 0.717) is 5.82 Å². The average molecular weight is 283 g/mol. The van der Waals surface area contributed by atoms with Crippen LogP contribution in [0.2, 0.25) is 0 Å². The van der Waals surface area contributed by atoms with Gasteiger partial charge in [-0.1, -0.05) is 12.1 Å². The summed E-state index contributed by atoms with van der Waals surface area (Å²) in [4.78, 5) is 12.7. The first-order valence-corrected chi connectivity index (χ1v) is 5.96. The lowest BCUT2D eigenvalue weighted by Crippen LogP contribution is -2.32. The molecule has 0 spiro atoms. The molecule has 1 aromatic heterocycles. The number of nitrogens with one attached hydrogen (secondary N) is 1. The second-order valence-electron chi connectivity index (χ2n) is 3.68. The zero-order valence-corrected chi connectivity index (χ0v) is 10.5. The van der Waals surface area contributed by atoms with Gasteiger partial charge in [0, 0.05) is 19.5 Å². The molecule has 1 heterocycles. The van der Waals surface area contributed by atoms with E-state index in [-0.39, 0.29) is 24.2 Å². The molecule has 0 bridgehead atoms. The second kappa shape index (κ2) is 6.03. The van der Waals surface area contributed by atoms with Crippen LogP contribution in [0, 0.1) is 0 Å². The van der Waals surface area contributed by atoms with Crippen molar-refractivity contribution in [2.45, 2.75) is 18.3 Å². The predicted octanol–water partition coefficient (Wildman–Crippen LogP) is 1.01. The highest BCUT2D eigenvalue weighted by molar-refractivity contribution is 8.00. The summed E-state index contributed by atoms with van der Waals surface area (Å²) in [7, 11) is 1.44. The van der Waals surface area contributed by atoms with Crippen LogP contribution in [0.1, 0.15) is 18.7 Å². The van der Waals surface area contributed by atoms with Crippen molar-refractivity contribution in [3.8, 4) is 0 Å². The number of amides is 1. The van der Waals surface area contributed by atoms with Crippen LogP contribution in [0.4, 0.5) is 13.2 Å². The van der Waals surface area contributed by atoms with Crippen LogP contribution in [-0.2, 0) is 4.79 Å². The molecule has 1 N–H and O–H groups in total. The molecule has 0 saturated carbocycles. The molecule has 18 heavy (non-hydrogen) atoms. The van der Waals surface area contributed by atoms with E-state index in [4.69, 9.17) is 0 Å². The maximum absolute atomic E-state index is 11.9. The number of halogens is 3. The van der Waals surface area contributed by atoms with Crippen molar-refractivity contribution in [3.63, 3.8) is 0 Å². The molecule has 0 aliphatic carbocycles. The molecular weight excluding hydrogens is 271 g/mol. The Hall–Kier alpha value is -1.32. The number of thioether (sulfide) groups is 1. The Morgan fingerprint density at radius 3 is 2.72 bits per heavy atom. The largest absolute Gasteiger partial charge is 0.442 e. The zero-order valence-electron chi connectivity index (χ0n) is 9.73. The van der Waals surface area contributed by atoms with Crippen molar-refractivity contribution in [2.24, 2.45) is 0 Å². The molecular formula is C8H12F3N5OS. The van der Waals surface area contributed by atoms with Crippen LogP contribution in [0.25, 0.3) is 0 Å². The van der Waals surface area contributed by atoms with Crippen LogP contribution in [0.5, 0.6) is 0 Å². The number of tetrazole rings is 1. The molecule has 102 valence electrons. The Balaban J connectivity index is 2.40. The summed E-state index contributed by atoms with van der Waals surface area (Å²) in [6.07, 6.45) is 0. The number of rotatable bonds is 5. The van der Waals surface area contributed by atoms with Crippen molar-refractivity contribution in [2.75, 3.05) is 19.3 Å². The molecule has 10 heteroatoms. The number of alkyl halides is 3. The van der Waals surface area contributed by atoms with Gasteiger partial charge in [0.2, 0.25) is 5.91 Å². The number of H-pyrrole nitrogens is 1. The fourth-order valence-corrected chi connectivity index (χ4v) is 1.73. The van der Waals surface area contributed by atoms with E-state index in [9.17, 15) is 18.0 Å². The van der Waals surface area contributed by atoms with Gasteiger partial charge in [-0.3, -0.25) is 4.79 Å². The molecule has 6 nitrogen and oxygen atoms in total. The van der Waals surface area contributed by atoms with E-state index >= 15 is 0 Å².